The van der Waals surface area contributed by atoms with Crippen molar-refractivity contribution < 1.29 is 14.2 Å². The van der Waals surface area contributed by atoms with E-state index >= 15 is 0 Å². The second kappa shape index (κ2) is 7.27. The largest absolute Gasteiger partial charge is 0.493 e. The second-order valence-electron chi connectivity index (χ2n) is 6.61. The first-order chi connectivity index (χ1) is 13.6. The third-order valence-corrected chi connectivity index (χ3v) is 4.89. The molecule has 0 saturated heterocycles. The molecule has 1 heterocycles. The number of nitrogens with zero attached hydrogens (tertiary/aromatic N) is 1. The van der Waals surface area contributed by atoms with Gasteiger partial charge in [0.2, 0.25) is 5.75 Å². The molecule has 0 radical (unpaired) electrons. The van der Waals surface area contributed by atoms with E-state index in [0.717, 1.165) is 33.3 Å². The fourth-order valence-corrected chi connectivity index (χ4v) is 3.37. The highest BCUT2D eigenvalue weighted by Gasteiger charge is 2.15. The van der Waals surface area contributed by atoms with Crippen molar-refractivity contribution in [3.05, 3.63) is 60.2 Å². The normalized spacial score (nSPS) is 10.9. The maximum Gasteiger partial charge on any atom is 0.203 e. The Bertz CT molecular complexity index is 1110. The predicted molar refractivity (Wildman–Crippen MR) is 111 cm³/mol. The van der Waals surface area contributed by atoms with E-state index < -0.39 is 0 Å². The van der Waals surface area contributed by atoms with Gasteiger partial charge in [-0.15, -0.1) is 0 Å². The van der Waals surface area contributed by atoms with Crippen LogP contribution in [0.2, 0.25) is 0 Å². The minimum absolute atomic E-state index is 0.582. The van der Waals surface area contributed by atoms with Crippen molar-refractivity contribution in [2.24, 2.45) is 0 Å². The van der Waals surface area contributed by atoms with Crippen LogP contribution in [0.4, 0.5) is 0 Å². The summed E-state index contributed by atoms with van der Waals surface area (Å²) >= 11 is 0. The molecule has 142 valence electrons. The Balaban J connectivity index is 1.86. The summed E-state index contributed by atoms with van der Waals surface area (Å²) in [7, 11) is 4.84. The highest BCUT2D eigenvalue weighted by atomic mass is 16.5. The van der Waals surface area contributed by atoms with Gasteiger partial charge in [-0.05, 0) is 42.3 Å². The molecule has 4 rings (SSSR count). The zero-order valence-corrected chi connectivity index (χ0v) is 16.4. The Morgan fingerprint density at radius 2 is 1.36 bits per heavy atom. The van der Waals surface area contributed by atoms with Gasteiger partial charge < -0.3 is 14.2 Å². The molecular formula is C23H22N2O3. The molecule has 5 nitrogen and oxygen atoms in total. The molecule has 0 bridgehead atoms. The SMILES string of the molecule is COc1cc(-c2ccc3[nH]nc(-c4ccc(C)cc4)c3c2)cc(OC)c1OC. The minimum atomic E-state index is 0.582. The van der Waals surface area contributed by atoms with Crippen LogP contribution in [-0.4, -0.2) is 31.5 Å². The Kier molecular flexibility index (Phi) is 4.65. The molecule has 5 heteroatoms. The number of fused-ring (bicyclic) bond motifs is 1. The van der Waals surface area contributed by atoms with Crippen molar-refractivity contribution in [2.75, 3.05) is 21.3 Å². The molecule has 0 aliphatic rings. The van der Waals surface area contributed by atoms with Gasteiger partial charge in [-0.25, -0.2) is 0 Å². The van der Waals surface area contributed by atoms with Gasteiger partial charge >= 0.3 is 0 Å². The molecule has 1 N–H and O–H groups in total. The number of nitrogens with one attached hydrogen (secondary N) is 1. The smallest absolute Gasteiger partial charge is 0.203 e. The molecule has 0 aliphatic heterocycles. The maximum atomic E-state index is 5.49. The van der Waals surface area contributed by atoms with E-state index in [0.29, 0.717) is 17.2 Å². The van der Waals surface area contributed by atoms with Crippen LogP contribution in [0.1, 0.15) is 5.56 Å². The fraction of sp³-hybridized carbons (Fsp3) is 0.174. The molecule has 0 fully saturated rings. The summed E-state index contributed by atoms with van der Waals surface area (Å²) in [4.78, 5) is 0. The van der Waals surface area contributed by atoms with Gasteiger partial charge in [0.15, 0.2) is 11.5 Å². The molecule has 3 aromatic carbocycles. The molecule has 0 aliphatic carbocycles. The van der Waals surface area contributed by atoms with Gasteiger partial charge in [0.1, 0.15) is 0 Å². The lowest BCUT2D eigenvalue weighted by Crippen LogP contribution is -1.95. The summed E-state index contributed by atoms with van der Waals surface area (Å²) in [6, 6.07) is 18.5. The molecule has 0 unspecified atom stereocenters. The number of ether oxygens (including phenoxy) is 3. The molecular weight excluding hydrogens is 352 g/mol. The van der Waals surface area contributed by atoms with E-state index in [4.69, 9.17) is 14.2 Å². The number of methoxy groups -OCH3 is 3. The van der Waals surface area contributed by atoms with E-state index in [2.05, 4.69) is 53.5 Å². The van der Waals surface area contributed by atoms with Crippen LogP contribution in [0.25, 0.3) is 33.3 Å². The monoisotopic (exact) mass is 374 g/mol. The summed E-state index contributed by atoms with van der Waals surface area (Å²) in [6.07, 6.45) is 0. The van der Waals surface area contributed by atoms with Crippen molar-refractivity contribution in [2.45, 2.75) is 6.92 Å². The summed E-state index contributed by atoms with van der Waals surface area (Å²) in [6.45, 7) is 2.08. The van der Waals surface area contributed by atoms with Crippen LogP contribution in [0.5, 0.6) is 17.2 Å². The number of aromatic amines is 1. The van der Waals surface area contributed by atoms with Crippen molar-refractivity contribution in [3.8, 4) is 39.6 Å². The van der Waals surface area contributed by atoms with Gasteiger partial charge in [-0.2, -0.15) is 5.10 Å². The van der Waals surface area contributed by atoms with E-state index in [1.165, 1.54) is 5.56 Å². The zero-order valence-electron chi connectivity index (χ0n) is 16.4. The Morgan fingerprint density at radius 1 is 0.714 bits per heavy atom. The lowest BCUT2D eigenvalue weighted by Gasteiger charge is -2.14. The Morgan fingerprint density at radius 3 is 1.96 bits per heavy atom. The van der Waals surface area contributed by atoms with E-state index in [-0.39, 0.29) is 0 Å². The molecule has 4 aromatic rings. The van der Waals surface area contributed by atoms with Crippen LogP contribution in [-0.2, 0) is 0 Å². The van der Waals surface area contributed by atoms with Crippen molar-refractivity contribution in [3.63, 3.8) is 0 Å². The number of H-pyrrole nitrogens is 1. The molecule has 1 aromatic heterocycles. The number of aromatic nitrogens is 2. The van der Waals surface area contributed by atoms with Gasteiger partial charge in [0.05, 0.1) is 32.5 Å². The first-order valence-corrected chi connectivity index (χ1v) is 9.00. The summed E-state index contributed by atoms with van der Waals surface area (Å²) < 4.78 is 16.4. The number of rotatable bonds is 5. The van der Waals surface area contributed by atoms with Crippen LogP contribution >= 0.6 is 0 Å². The lowest BCUT2D eigenvalue weighted by atomic mass is 10.00. The van der Waals surface area contributed by atoms with Crippen molar-refractivity contribution in [1.29, 1.82) is 0 Å². The Hall–Kier alpha value is -3.47. The van der Waals surface area contributed by atoms with Crippen molar-refractivity contribution in [1.82, 2.24) is 10.2 Å². The van der Waals surface area contributed by atoms with Gasteiger partial charge in [-0.1, -0.05) is 35.9 Å². The molecule has 0 saturated carbocycles. The van der Waals surface area contributed by atoms with Crippen molar-refractivity contribution >= 4 is 10.9 Å². The second-order valence-corrected chi connectivity index (χ2v) is 6.61. The number of benzene rings is 3. The number of hydrogen-bond donors (Lipinski definition) is 1. The predicted octanol–water partition coefficient (Wildman–Crippen LogP) is 5.23. The maximum absolute atomic E-state index is 5.49. The van der Waals surface area contributed by atoms with Crippen LogP contribution in [0.15, 0.2) is 54.6 Å². The van der Waals surface area contributed by atoms with Crippen LogP contribution in [0, 0.1) is 6.92 Å². The average molecular weight is 374 g/mol. The van der Waals surface area contributed by atoms with E-state index in [9.17, 15) is 0 Å². The third kappa shape index (κ3) is 3.05. The van der Waals surface area contributed by atoms with Gasteiger partial charge in [0, 0.05) is 10.9 Å². The van der Waals surface area contributed by atoms with E-state index in [1.54, 1.807) is 21.3 Å². The topological polar surface area (TPSA) is 56.4 Å². The molecule has 0 amide bonds. The summed E-state index contributed by atoms with van der Waals surface area (Å²) in [5, 5.41) is 8.72. The molecule has 0 spiro atoms. The van der Waals surface area contributed by atoms with E-state index in [1.807, 2.05) is 18.2 Å². The quantitative estimate of drug-likeness (QED) is 0.520. The highest BCUT2D eigenvalue weighted by Crippen LogP contribution is 2.42. The summed E-state index contributed by atoms with van der Waals surface area (Å²) in [5.41, 5.74) is 6.26. The minimum Gasteiger partial charge on any atom is -0.493 e. The number of aryl methyl sites for hydroxylation is 1. The first-order valence-electron chi connectivity index (χ1n) is 9.00. The third-order valence-electron chi connectivity index (χ3n) is 4.89. The lowest BCUT2D eigenvalue weighted by molar-refractivity contribution is 0.324. The zero-order chi connectivity index (χ0) is 19.7. The molecule has 28 heavy (non-hydrogen) atoms. The standard InChI is InChI=1S/C23H22N2O3/c1-14-5-7-15(8-6-14)22-18-11-16(9-10-19(18)24-25-22)17-12-20(26-2)23(28-4)21(13-17)27-3/h5-13H,1-4H3,(H,24,25). The summed E-state index contributed by atoms with van der Waals surface area (Å²) in [5.74, 6) is 1.84. The van der Waals surface area contributed by atoms with Crippen LogP contribution < -0.4 is 14.2 Å². The highest BCUT2D eigenvalue weighted by molar-refractivity contribution is 5.95. The fourth-order valence-electron chi connectivity index (χ4n) is 3.37. The van der Waals surface area contributed by atoms with Gasteiger partial charge in [0.25, 0.3) is 0 Å². The molecule has 0 atom stereocenters. The van der Waals surface area contributed by atoms with Gasteiger partial charge in [-0.3, -0.25) is 5.10 Å². The Labute approximate surface area is 163 Å². The first kappa shape index (κ1) is 17.9. The van der Waals surface area contributed by atoms with Crippen LogP contribution in [0.3, 0.4) is 0 Å². The average Bonchev–Trinajstić information content (AvgIpc) is 3.16. The number of hydrogen-bond acceptors (Lipinski definition) is 4.